The Balaban J connectivity index is 0.000000172. The first kappa shape index (κ1) is 23.4. The zero-order valence-corrected chi connectivity index (χ0v) is 20.0. The van der Waals surface area contributed by atoms with Crippen LogP contribution < -0.4 is 20.1 Å². The molecule has 1 fully saturated rings. The summed E-state index contributed by atoms with van der Waals surface area (Å²) in [5.41, 5.74) is 1.80. The first-order chi connectivity index (χ1) is 16.6. The molecule has 1 aliphatic rings. The number of nitrogens with one attached hydrogen (secondary N) is 3. The van der Waals surface area contributed by atoms with Gasteiger partial charge in [0.05, 0.1) is 25.9 Å². The second-order valence-electron chi connectivity index (χ2n) is 7.51. The lowest BCUT2D eigenvalue weighted by atomic mass is 10.2. The number of thioether (sulfide) groups is 1. The summed E-state index contributed by atoms with van der Waals surface area (Å²) in [6.07, 6.45) is 5.63. The molecule has 3 N–H and O–H groups in total. The number of hydrogen-bond donors (Lipinski definition) is 3. The highest BCUT2D eigenvalue weighted by Gasteiger charge is 2.29. The van der Waals surface area contributed by atoms with E-state index < -0.39 is 0 Å². The van der Waals surface area contributed by atoms with Crippen LogP contribution in [0, 0.1) is 5.92 Å². The third-order valence-corrected chi connectivity index (χ3v) is 5.71. The number of benzene rings is 2. The minimum Gasteiger partial charge on any atom is -0.497 e. The van der Waals surface area contributed by atoms with Crippen molar-refractivity contribution >= 4 is 45.9 Å². The Morgan fingerprint density at radius 3 is 2.50 bits per heavy atom. The lowest BCUT2D eigenvalue weighted by Crippen LogP contribution is -2.12. The van der Waals surface area contributed by atoms with Gasteiger partial charge in [-0.15, -0.1) is 0 Å². The molecule has 1 saturated carbocycles. The fourth-order valence-electron chi connectivity index (χ4n) is 3.13. The van der Waals surface area contributed by atoms with Crippen molar-refractivity contribution in [3.05, 3.63) is 54.7 Å². The standard InChI is InChI=1S/C13H13N5OS.C11H13NO2/c1-19-10-7-14-13(20-2)16-12(10)15-11-8-5-3-4-6-9(8)17-18-11;1-14-10-6-4-9(5-7-10)12-11(13)8-2-3-8/h3-7H,1-2H3,(H2,14,15,16,17,18);4-8H,2-3H2,1H3,(H,12,13). The van der Waals surface area contributed by atoms with Gasteiger partial charge in [-0.05, 0) is 55.5 Å². The van der Waals surface area contributed by atoms with Gasteiger partial charge in [0.2, 0.25) is 5.91 Å². The molecule has 0 unspecified atom stereocenters. The molecular weight excluding hydrogens is 452 g/mol. The van der Waals surface area contributed by atoms with Crippen LogP contribution in [0.3, 0.4) is 0 Å². The molecule has 34 heavy (non-hydrogen) atoms. The molecule has 9 nitrogen and oxygen atoms in total. The van der Waals surface area contributed by atoms with E-state index >= 15 is 0 Å². The van der Waals surface area contributed by atoms with Crippen molar-refractivity contribution in [2.45, 2.75) is 18.0 Å². The Morgan fingerprint density at radius 1 is 1.06 bits per heavy atom. The first-order valence-corrected chi connectivity index (χ1v) is 11.9. The summed E-state index contributed by atoms with van der Waals surface area (Å²) in [7, 11) is 3.21. The van der Waals surface area contributed by atoms with Gasteiger partial charge < -0.3 is 20.1 Å². The van der Waals surface area contributed by atoms with Crippen LogP contribution in [-0.2, 0) is 4.79 Å². The summed E-state index contributed by atoms with van der Waals surface area (Å²) in [5.74, 6) is 3.07. The number of H-pyrrole nitrogens is 1. The van der Waals surface area contributed by atoms with E-state index in [0.29, 0.717) is 22.5 Å². The zero-order valence-electron chi connectivity index (χ0n) is 19.2. The first-order valence-electron chi connectivity index (χ1n) is 10.7. The molecule has 2 aromatic carbocycles. The molecule has 0 bridgehead atoms. The van der Waals surface area contributed by atoms with Crippen LogP contribution in [-0.4, -0.2) is 46.5 Å². The van der Waals surface area contributed by atoms with Gasteiger partial charge in [-0.25, -0.2) is 9.97 Å². The number of amides is 1. The van der Waals surface area contributed by atoms with Crippen LogP contribution >= 0.6 is 11.8 Å². The van der Waals surface area contributed by atoms with Gasteiger partial charge in [-0.1, -0.05) is 23.9 Å². The van der Waals surface area contributed by atoms with Crippen molar-refractivity contribution < 1.29 is 14.3 Å². The number of hydrogen-bond acceptors (Lipinski definition) is 8. The van der Waals surface area contributed by atoms with E-state index in [0.717, 1.165) is 35.2 Å². The van der Waals surface area contributed by atoms with Gasteiger partial charge in [-0.3, -0.25) is 9.89 Å². The van der Waals surface area contributed by atoms with Crippen LogP contribution in [0.4, 0.5) is 17.3 Å². The Bertz CT molecular complexity index is 1260. The molecule has 2 heterocycles. The average Bonchev–Trinajstić information content (AvgIpc) is 3.66. The van der Waals surface area contributed by atoms with E-state index in [1.807, 2.05) is 54.8 Å². The number of rotatable bonds is 7. The summed E-state index contributed by atoms with van der Waals surface area (Å²) >= 11 is 1.47. The van der Waals surface area contributed by atoms with Crippen molar-refractivity contribution in [2.24, 2.45) is 5.92 Å². The molecule has 0 radical (unpaired) electrons. The predicted octanol–water partition coefficient (Wildman–Crippen LogP) is 4.87. The Labute approximate surface area is 201 Å². The quantitative estimate of drug-likeness (QED) is 0.255. The number of carbonyl (C=O) groups excluding carboxylic acids is 1. The van der Waals surface area contributed by atoms with E-state index in [1.165, 1.54) is 11.8 Å². The normalized spacial score (nSPS) is 12.4. The fourth-order valence-corrected chi connectivity index (χ4v) is 3.47. The van der Waals surface area contributed by atoms with Crippen LogP contribution in [0.5, 0.6) is 11.5 Å². The van der Waals surface area contributed by atoms with Crippen molar-refractivity contribution in [3.63, 3.8) is 0 Å². The number of aromatic nitrogens is 4. The molecular formula is C24H26N6O3S. The van der Waals surface area contributed by atoms with E-state index in [9.17, 15) is 4.79 Å². The summed E-state index contributed by atoms with van der Waals surface area (Å²) < 4.78 is 10.3. The van der Waals surface area contributed by atoms with Crippen LogP contribution in [0.1, 0.15) is 12.8 Å². The van der Waals surface area contributed by atoms with Gasteiger partial charge in [-0.2, -0.15) is 5.10 Å². The molecule has 0 atom stereocenters. The maximum atomic E-state index is 11.4. The Morgan fingerprint density at radius 2 is 1.82 bits per heavy atom. The lowest BCUT2D eigenvalue weighted by molar-refractivity contribution is -0.117. The average molecular weight is 479 g/mol. The topological polar surface area (TPSA) is 114 Å². The van der Waals surface area contributed by atoms with Gasteiger partial charge in [0.1, 0.15) is 5.75 Å². The minimum atomic E-state index is 0.134. The predicted molar refractivity (Wildman–Crippen MR) is 134 cm³/mol. The van der Waals surface area contributed by atoms with Crippen molar-refractivity contribution in [3.8, 4) is 11.5 Å². The monoisotopic (exact) mass is 478 g/mol. The fraction of sp³-hybridized carbons (Fsp3) is 0.250. The molecule has 1 aliphatic carbocycles. The summed E-state index contributed by atoms with van der Waals surface area (Å²) in [6, 6.07) is 15.3. The number of carbonyl (C=O) groups is 1. The maximum Gasteiger partial charge on any atom is 0.227 e. The third-order valence-electron chi connectivity index (χ3n) is 5.15. The number of methoxy groups -OCH3 is 2. The third kappa shape index (κ3) is 5.76. The SMILES string of the molecule is COc1ccc(NC(=O)C2CC2)cc1.COc1cnc(SC)nc1Nc1n[nH]c2ccccc12. The molecule has 1 amide bonds. The van der Waals surface area contributed by atoms with Crippen LogP contribution in [0.25, 0.3) is 10.9 Å². The molecule has 4 aromatic rings. The van der Waals surface area contributed by atoms with Crippen LogP contribution in [0.2, 0.25) is 0 Å². The smallest absolute Gasteiger partial charge is 0.227 e. The zero-order chi connectivity index (χ0) is 23.9. The highest BCUT2D eigenvalue weighted by atomic mass is 32.2. The lowest BCUT2D eigenvalue weighted by Gasteiger charge is -2.08. The molecule has 0 aliphatic heterocycles. The molecule has 5 rings (SSSR count). The second kappa shape index (κ2) is 10.9. The Kier molecular flexibility index (Phi) is 7.48. The largest absolute Gasteiger partial charge is 0.497 e. The van der Waals surface area contributed by atoms with Crippen LogP contribution in [0.15, 0.2) is 59.9 Å². The molecule has 0 saturated heterocycles. The number of nitrogens with zero attached hydrogens (tertiary/aromatic N) is 3. The molecule has 2 aromatic heterocycles. The van der Waals surface area contributed by atoms with Crippen molar-refractivity contribution in [2.75, 3.05) is 31.1 Å². The van der Waals surface area contributed by atoms with Gasteiger partial charge in [0, 0.05) is 17.0 Å². The van der Waals surface area contributed by atoms with Crippen molar-refractivity contribution in [1.82, 2.24) is 20.2 Å². The highest BCUT2D eigenvalue weighted by Crippen LogP contribution is 2.30. The number of ether oxygens (including phenoxy) is 2. The second-order valence-corrected chi connectivity index (χ2v) is 8.28. The molecule has 10 heteroatoms. The van der Waals surface area contributed by atoms with E-state index in [1.54, 1.807) is 20.4 Å². The van der Waals surface area contributed by atoms with E-state index in [-0.39, 0.29) is 11.8 Å². The Hall–Kier alpha value is -3.79. The summed E-state index contributed by atoms with van der Waals surface area (Å²) in [4.78, 5) is 20.0. The highest BCUT2D eigenvalue weighted by molar-refractivity contribution is 7.98. The van der Waals surface area contributed by atoms with E-state index in [4.69, 9.17) is 9.47 Å². The van der Waals surface area contributed by atoms with Gasteiger partial charge >= 0.3 is 0 Å². The number of aromatic amines is 1. The number of fused-ring (bicyclic) bond motifs is 1. The van der Waals surface area contributed by atoms with Gasteiger partial charge in [0.25, 0.3) is 0 Å². The maximum absolute atomic E-state index is 11.4. The molecule has 176 valence electrons. The summed E-state index contributed by atoms with van der Waals surface area (Å²) in [6.45, 7) is 0. The van der Waals surface area contributed by atoms with Crippen molar-refractivity contribution in [1.29, 1.82) is 0 Å². The summed E-state index contributed by atoms with van der Waals surface area (Å²) in [5, 5.41) is 15.0. The molecule has 0 spiro atoms. The van der Waals surface area contributed by atoms with Gasteiger partial charge in [0.15, 0.2) is 22.5 Å². The number of anilines is 3. The number of para-hydroxylation sites is 1. The minimum absolute atomic E-state index is 0.134. The van der Waals surface area contributed by atoms with E-state index in [2.05, 4.69) is 30.8 Å².